The van der Waals surface area contributed by atoms with E-state index < -0.39 is 27.9 Å². The van der Waals surface area contributed by atoms with Gasteiger partial charge >= 0.3 is 5.97 Å². The number of sulfonamides is 1. The third-order valence-corrected chi connectivity index (χ3v) is 8.14. The summed E-state index contributed by atoms with van der Waals surface area (Å²) in [6.07, 6.45) is 2.42. The van der Waals surface area contributed by atoms with E-state index in [0.29, 0.717) is 30.0 Å². The molecule has 3 rings (SSSR count). The van der Waals surface area contributed by atoms with Crippen molar-refractivity contribution >= 4 is 39.1 Å². The van der Waals surface area contributed by atoms with Crippen LogP contribution in [0.4, 0.5) is 15.8 Å². The summed E-state index contributed by atoms with van der Waals surface area (Å²) in [5, 5.41) is 0. The molecule has 11 heteroatoms. The lowest BCUT2D eigenvalue weighted by Crippen LogP contribution is -2.43. The van der Waals surface area contributed by atoms with Gasteiger partial charge in [-0.1, -0.05) is 18.2 Å². The zero-order chi connectivity index (χ0) is 25.6. The molecule has 0 amide bonds. The van der Waals surface area contributed by atoms with E-state index in [1.165, 1.54) is 29.2 Å². The fraction of sp³-hybridized carbons (Fsp3) is 0.375. The van der Waals surface area contributed by atoms with Gasteiger partial charge in [-0.15, -0.1) is 11.8 Å². The summed E-state index contributed by atoms with van der Waals surface area (Å²) in [5.41, 5.74) is 1.28. The minimum atomic E-state index is -3.97. The second kappa shape index (κ2) is 11.9. The molecule has 35 heavy (non-hydrogen) atoms. The van der Waals surface area contributed by atoms with Gasteiger partial charge in [0.25, 0.3) is 0 Å². The molecule has 1 aliphatic heterocycles. The van der Waals surface area contributed by atoms with Gasteiger partial charge < -0.3 is 19.1 Å². The molecule has 0 spiro atoms. The molecular weight excluding hydrogens is 495 g/mol. The van der Waals surface area contributed by atoms with Gasteiger partial charge in [0.15, 0.2) is 0 Å². The first-order valence-corrected chi connectivity index (χ1v) is 13.7. The van der Waals surface area contributed by atoms with E-state index in [1.807, 2.05) is 42.2 Å². The van der Waals surface area contributed by atoms with Gasteiger partial charge in [0, 0.05) is 32.0 Å². The van der Waals surface area contributed by atoms with E-state index >= 15 is 0 Å². The van der Waals surface area contributed by atoms with Crippen molar-refractivity contribution in [2.24, 2.45) is 0 Å². The lowest BCUT2D eigenvalue weighted by Gasteiger charge is -2.29. The van der Waals surface area contributed by atoms with Gasteiger partial charge in [-0.3, -0.25) is 0 Å². The number of benzene rings is 2. The Morgan fingerprint density at radius 1 is 1.20 bits per heavy atom. The van der Waals surface area contributed by atoms with Crippen molar-refractivity contribution in [1.29, 1.82) is 0 Å². The van der Waals surface area contributed by atoms with Crippen LogP contribution in [-0.2, 0) is 24.3 Å². The monoisotopic (exact) mass is 524 g/mol. The number of esters is 1. The Morgan fingerprint density at radius 2 is 1.91 bits per heavy atom. The molecule has 1 unspecified atom stereocenters. The Bertz CT molecular complexity index is 1170. The number of hydrogen-bond acceptors (Lipinski definition) is 8. The number of para-hydroxylation sites is 1. The molecule has 0 bridgehead atoms. The van der Waals surface area contributed by atoms with E-state index in [9.17, 15) is 17.6 Å². The van der Waals surface area contributed by atoms with Crippen molar-refractivity contribution in [3.63, 3.8) is 0 Å². The molecule has 0 aliphatic carbocycles. The fourth-order valence-electron chi connectivity index (χ4n) is 3.60. The van der Waals surface area contributed by atoms with Crippen LogP contribution in [0.3, 0.4) is 0 Å². The minimum Gasteiger partial charge on any atom is -0.461 e. The number of likely N-dealkylation sites (N-methyl/N-ethyl adjacent to an activating group) is 1. The summed E-state index contributed by atoms with van der Waals surface area (Å²) in [6, 6.07) is 12.1. The number of anilines is 2. The largest absolute Gasteiger partial charge is 0.461 e. The molecular formula is C24H29FN2O6S2. The van der Waals surface area contributed by atoms with Crippen LogP contribution in [0.2, 0.25) is 0 Å². The maximum absolute atomic E-state index is 14.1. The summed E-state index contributed by atoms with van der Waals surface area (Å²) in [7, 11) is -2.46. The van der Waals surface area contributed by atoms with Crippen LogP contribution in [-0.4, -0.2) is 64.4 Å². The van der Waals surface area contributed by atoms with Crippen molar-refractivity contribution in [1.82, 2.24) is 4.31 Å². The molecule has 2 aromatic rings. The first-order chi connectivity index (χ1) is 16.7. The first-order valence-electron chi connectivity index (χ1n) is 11.0. The summed E-state index contributed by atoms with van der Waals surface area (Å²) in [5.74, 6) is -2.28. The summed E-state index contributed by atoms with van der Waals surface area (Å²) in [6.45, 7) is 4.45. The number of fused-ring (bicyclic) bond motifs is 1. The van der Waals surface area contributed by atoms with Crippen molar-refractivity contribution in [2.45, 2.75) is 29.7 Å². The van der Waals surface area contributed by atoms with Crippen LogP contribution >= 0.6 is 11.8 Å². The van der Waals surface area contributed by atoms with Crippen LogP contribution in [0.15, 0.2) is 64.3 Å². The highest BCUT2D eigenvalue weighted by Crippen LogP contribution is 2.43. The molecule has 0 aromatic heterocycles. The number of hydrogen-bond donors (Lipinski definition) is 0. The number of carbonyl (C=O) groups excluding carboxylic acids is 1. The zero-order valence-electron chi connectivity index (χ0n) is 20.1. The molecule has 0 radical (unpaired) electrons. The molecule has 190 valence electrons. The van der Waals surface area contributed by atoms with Gasteiger partial charge in [-0.2, -0.15) is 8.70 Å². The van der Waals surface area contributed by atoms with Crippen LogP contribution < -0.4 is 9.64 Å². The summed E-state index contributed by atoms with van der Waals surface area (Å²) < 4.78 is 58.4. The predicted octanol–water partition coefficient (Wildman–Crippen LogP) is 4.34. The molecule has 1 atom stereocenters. The Labute approximate surface area is 209 Å². The maximum atomic E-state index is 14.1. The summed E-state index contributed by atoms with van der Waals surface area (Å²) >= 11 is 1.31. The first kappa shape index (κ1) is 27.0. The highest BCUT2D eigenvalue weighted by atomic mass is 32.2. The van der Waals surface area contributed by atoms with Crippen molar-refractivity contribution in [3.05, 3.63) is 54.6 Å². The number of rotatable bonds is 9. The second-order valence-electron chi connectivity index (χ2n) is 7.56. The molecule has 8 nitrogen and oxygen atoms in total. The van der Waals surface area contributed by atoms with Crippen LogP contribution in [0.5, 0.6) is 5.75 Å². The molecule has 0 fully saturated rings. The molecule has 1 heterocycles. The SMILES string of the molecule is CCOCC1CN(c2ccccc2)c2cc(SC)c(O/C=C(\F)C(=O)OCC)cc2S(=O)(=O)N1C. The number of halogens is 1. The minimum absolute atomic E-state index is 0.000550. The van der Waals surface area contributed by atoms with Gasteiger partial charge in [0.1, 0.15) is 16.9 Å². The maximum Gasteiger partial charge on any atom is 0.370 e. The third kappa shape index (κ3) is 5.97. The number of nitrogens with zero attached hydrogens (tertiary/aromatic N) is 2. The van der Waals surface area contributed by atoms with Gasteiger partial charge in [0.2, 0.25) is 15.9 Å². The zero-order valence-corrected chi connectivity index (χ0v) is 21.7. The molecule has 2 aromatic carbocycles. The topological polar surface area (TPSA) is 85.4 Å². The van der Waals surface area contributed by atoms with Crippen molar-refractivity contribution in [2.75, 3.05) is 44.6 Å². The van der Waals surface area contributed by atoms with E-state index in [2.05, 4.69) is 4.74 Å². The van der Waals surface area contributed by atoms with Crippen LogP contribution in [0.1, 0.15) is 13.8 Å². The highest BCUT2D eigenvalue weighted by molar-refractivity contribution is 7.98. The number of ether oxygens (including phenoxy) is 3. The smallest absolute Gasteiger partial charge is 0.370 e. The van der Waals surface area contributed by atoms with E-state index in [-0.39, 0.29) is 23.9 Å². The van der Waals surface area contributed by atoms with Crippen LogP contribution in [0, 0.1) is 0 Å². The fourth-order valence-corrected chi connectivity index (χ4v) is 5.66. The van der Waals surface area contributed by atoms with E-state index in [4.69, 9.17) is 9.47 Å². The van der Waals surface area contributed by atoms with Crippen LogP contribution in [0.25, 0.3) is 0 Å². The standard InChI is InChI=1S/C24H29FN2O6S2/c1-5-31-15-18-14-27(17-10-8-7-9-11-17)20-12-22(34-4)21(13-23(20)35(29,30)26(18)3)33-16-19(25)24(28)32-6-2/h7-13,16,18H,5-6,14-15H2,1-4H3/b19-16-. The second-order valence-corrected chi connectivity index (χ2v) is 10.4. The Morgan fingerprint density at radius 3 is 2.54 bits per heavy atom. The normalized spacial score (nSPS) is 18.0. The Hall–Kier alpha value is -2.60. The van der Waals surface area contributed by atoms with Gasteiger partial charge in [0.05, 0.1) is 29.8 Å². The van der Waals surface area contributed by atoms with E-state index in [1.54, 1.807) is 19.2 Å². The van der Waals surface area contributed by atoms with Gasteiger partial charge in [-0.05, 0) is 38.3 Å². The van der Waals surface area contributed by atoms with Crippen molar-refractivity contribution < 1.29 is 31.8 Å². The molecule has 0 N–H and O–H groups in total. The number of carbonyl (C=O) groups is 1. The quantitative estimate of drug-likeness (QED) is 0.207. The molecule has 1 aliphatic rings. The highest BCUT2D eigenvalue weighted by Gasteiger charge is 2.38. The summed E-state index contributed by atoms with van der Waals surface area (Å²) in [4.78, 5) is 14.1. The van der Waals surface area contributed by atoms with Crippen molar-refractivity contribution in [3.8, 4) is 5.75 Å². The number of thioether (sulfide) groups is 1. The molecule has 0 saturated heterocycles. The average molecular weight is 525 g/mol. The Kier molecular flexibility index (Phi) is 9.17. The predicted molar refractivity (Wildman–Crippen MR) is 133 cm³/mol. The molecule has 0 saturated carbocycles. The average Bonchev–Trinajstić information content (AvgIpc) is 2.94. The van der Waals surface area contributed by atoms with Gasteiger partial charge in [-0.25, -0.2) is 13.2 Å². The third-order valence-electron chi connectivity index (χ3n) is 5.44. The van der Waals surface area contributed by atoms with E-state index in [0.717, 1.165) is 5.69 Å². The lowest BCUT2D eigenvalue weighted by molar-refractivity contribution is -0.140. The lowest BCUT2D eigenvalue weighted by atomic mass is 10.2. The Balaban J connectivity index is 2.16.